The van der Waals surface area contributed by atoms with Crippen LogP contribution in [0.3, 0.4) is 0 Å². The third-order valence-corrected chi connectivity index (χ3v) is 4.89. The molecule has 4 N–H and O–H groups in total. The van der Waals surface area contributed by atoms with Crippen LogP contribution in [0.4, 0.5) is 0 Å². The number of hydrogen-bond donors (Lipinski definition) is 3. The number of rotatable bonds is 6. The Kier molecular flexibility index (Phi) is 6.41. The molecule has 0 unspecified atom stereocenters. The predicted molar refractivity (Wildman–Crippen MR) is 82.3 cm³/mol. The van der Waals surface area contributed by atoms with Gasteiger partial charge in [0, 0.05) is 24.7 Å². The molecule has 1 aliphatic carbocycles. The highest BCUT2D eigenvalue weighted by atomic mass is 16.5. The zero-order chi connectivity index (χ0) is 16.1. The lowest BCUT2D eigenvalue weighted by Crippen LogP contribution is -2.38. The fourth-order valence-corrected chi connectivity index (χ4v) is 3.56. The molecule has 7 heteroatoms. The molecule has 0 amide bonds. The monoisotopic (exact) mass is 311 g/mol. The minimum atomic E-state index is -1.03. The van der Waals surface area contributed by atoms with Crippen molar-refractivity contribution >= 4 is 18.9 Å². The van der Waals surface area contributed by atoms with E-state index in [-0.39, 0.29) is 24.1 Å². The first kappa shape index (κ1) is 17.4. The summed E-state index contributed by atoms with van der Waals surface area (Å²) in [5, 5.41) is 18.7. The molecule has 1 heterocycles. The molecule has 0 spiro atoms. The van der Waals surface area contributed by atoms with Gasteiger partial charge in [0.05, 0.1) is 12.5 Å². The minimum absolute atomic E-state index is 0.0972. The van der Waals surface area contributed by atoms with Crippen LogP contribution in [-0.2, 0) is 14.2 Å². The Bertz CT molecular complexity index is 397. The van der Waals surface area contributed by atoms with E-state index in [0.717, 1.165) is 25.7 Å². The van der Waals surface area contributed by atoms with Crippen LogP contribution in [0.15, 0.2) is 0 Å². The molecule has 2 atom stereocenters. The molecule has 0 aromatic carbocycles. The van der Waals surface area contributed by atoms with Gasteiger partial charge in [0.25, 0.3) is 0 Å². The van der Waals surface area contributed by atoms with E-state index in [1.54, 1.807) is 0 Å². The van der Waals surface area contributed by atoms with Gasteiger partial charge in [0.15, 0.2) is 0 Å². The Hall–Kier alpha value is -0.915. The molecule has 1 aliphatic heterocycles. The number of carboxylic acid groups (broad SMARTS) is 1. The zero-order valence-corrected chi connectivity index (χ0v) is 12.9. The maximum Gasteiger partial charge on any atom is 0.458 e. The maximum absolute atomic E-state index is 12.2. The van der Waals surface area contributed by atoms with E-state index < -0.39 is 19.2 Å². The molecule has 1 saturated heterocycles. The maximum atomic E-state index is 12.2. The highest BCUT2D eigenvalue weighted by molar-refractivity contribution is 6.45. The third-order valence-electron chi connectivity index (χ3n) is 4.89. The molecule has 22 heavy (non-hydrogen) atoms. The average Bonchev–Trinajstić information content (AvgIpc) is 2.44. The molecule has 2 rings (SSSR count). The first-order valence-corrected chi connectivity index (χ1v) is 8.26. The second-order valence-electron chi connectivity index (χ2n) is 6.81. The van der Waals surface area contributed by atoms with Crippen LogP contribution in [0.25, 0.3) is 0 Å². The number of aliphatic carboxylic acids is 1. The molecule has 1 saturated carbocycles. The van der Waals surface area contributed by atoms with Gasteiger partial charge in [-0.1, -0.05) is 0 Å². The lowest BCUT2D eigenvalue weighted by Gasteiger charge is -2.31. The molecule has 0 aromatic heterocycles. The predicted octanol–water partition coefficient (Wildman–Crippen LogP) is 1.36. The Morgan fingerprint density at radius 1 is 1.05 bits per heavy atom. The highest BCUT2D eigenvalue weighted by Gasteiger charge is 2.37. The topological polar surface area (TPSA) is 110 Å². The summed E-state index contributed by atoms with van der Waals surface area (Å²) < 4.78 is 5.32. The smallest absolute Gasteiger partial charge is 0.458 e. The summed E-state index contributed by atoms with van der Waals surface area (Å²) in [6.45, 7) is 0. The number of carbonyl (C=O) groups excluding carboxylic acids is 1. The molecular weight excluding hydrogens is 285 g/mol. The van der Waals surface area contributed by atoms with E-state index in [2.05, 4.69) is 0 Å². The van der Waals surface area contributed by atoms with Crippen molar-refractivity contribution in [2.75, 3.05) is 0 Å². The number of Topliss-reactive ketones (excluding diaryl/α,β-unsaturated/α-hetero) is 1. The van der Waals surface area contributed by atoms with Crippen molar-refractivity contribution in [2.45, 2.75) is 75.8 Å². The summed E-state index contributed by atoms with van der Waals surface area (Å²) >= 11 is 0. The van der Waals surface area contributed by atoms with Gasteiger partial charge in [-0.15, -0.1) is 0 Å². The first-order chi connectivity index (χ1) is 10.4. The van der Waals surface area contributed by atoms with Crippen molar-refractivity contribution < 1.29 is 24.4 Å². The molecule has 6 nitrogen and oxygen atoms in total. The van der Waals surface area contributed by atoms with Crippen molar-refractivity contribution in [1.82, 2.24) is 0 Å². The second kappa shape index (κ2) is 8.08. The van der Waals surface area contributed by atoms with Crippen molar-refractivity contribution in [3.05, 3.63) is 0 Å². The lowest BCUT2D eigenvalue weighted by atomic mass is 9.64. The van der Waals surface area contributed by atoms with Gasteiger partial charge in [-0.2, -0.15) is 0 Å². The van der Waals surface area contributed by atoms with Crippen LogP contribution in [-0.4, -0.2) is 41.1 Å². The quantitative estimate of drug-likeness (QED) is 0.639. The van der Waals surface area contributed by atoms with Gasteiger partial charge >= 0.3 is 13.1 Å². The number of ketones is 1. The Morgan fingerprint density at radius 3 is 2.32 bits per heavy atom. The molecule has 0 radical (unpaired) electrons. The Labute approximate surface area is 131 Å². The third kappa shape index (κ3) is 5.37. The average molecular weight is 311 g/mol. The van der Waals surface area contributed by atoms with E-state index in [1.807, 2.05) is 0 Å². The van der Waals surface area contributed by atoms with E-state index in [0.29, 0.717) is 31.6 Å². The van der Waals surface area contributed by atoms with Crippen molar-refractivity contribution in [3.63, 3.8) is 0 Å². The van der Waals surface area contributed by atoms with Gasteiger partial charge in [-0.05, 0) is 44.4 Å². The summed E-state index contributed by atoms with van der Waals surface area (Å²) in [4.78, 5) is 22.8. The number of carboxylic acids is 1. The number of hydrogen-bond acceptors (Lipinski definition) is 5. The first-order valence-electron chi connectivity index (χ1n) is 8.26. The summed E-state index contributed by atoms with van der Waals surface area (Å²) in [6, 6.07) is 0.283. The van der Waals surface area contributed by atoms with Gasteiger partial charge in [0.1, 0.15) is 5.78 Å². The van der Waals surface area contributed by atoms with Crippen molar-refractivity contribution in [3.8, 4) is 0 Å². The van der Waals surface area contributed by atoms with Crippen LogP contribution < -0.4 is 5.73 Å². The molecule has 2 fully saturated rings. The van der Waals surface area contributed by atoms with Crippen LogP contribution in [0.2, 0.25) is 5.82 Å². The molecular formula is C15H26BNO5. The van der Waals surface area contributed by atoms with Gasteiger partial charge in [-0.3, -0.25) is 9.59 Å². The van der Waals surface area contributed by atoms with Crippen LogP contribution >= 0.6 is 0 Å². The van der Waals surface area contributed by atoms with E-state index in [4.69, 9.17) is 15.5 Å². The summed E-state index contributed by atoms with van der Waals surface area (Å²) in [5.74, 6) is -0.538. The van der Waals surface area contributed by atoms with Crippen LogP contribution in [0.5, 0.6) is 0 Å². The summed E-state index contributed by atoms with van der Waals surface area (Å²) in [5.41, 5.74) is 5.87. The normalized spacial score (nSPS) is 32.7. The van der Waals surface area contributed by atoms with E-state index in [9.17, 15) is 14.6 Å². The standard InChI is InChI=1S/C15H26BNO5/c17-12-4-1-10(2-5-12)7-13(18)8-11-3-6-14(9-15(19)20)22-16(11)21/h10-12,14,21H,1-9,17H2,(H,19,20)/t10?,11-,12?,14+/m1/s1. The zero-order valence-electron chi connectivity index (χ0n) is 12.9. The highest BCUT2D eigenvalue weighted by Crippen LogP contribution is 2.33. The van der Waals surface area contributed by atoms with E-state index >= 15 is 0 Å². The van der Waals surface area contributed by atoms with Crippen molar-refractivity contribution in [1.29, 1.82) is 0 Å². The number of carbonyl (C=O) groups is 2. The lowest BCUT2D eigenvalue weighted by molar-refractivity contribution is -0.139. The Morgan fingerprint density at radius 2 is 1.73 bits per heavy atom. The summed E-state index contributed by atoms with van der Waals surface area (Å²) in [6.07, 6.45) is 5.57. The molecule has 0 bridgehead atoms. The molecule has 0 aromatic rings. The van der Waals surface area contributed by atoms with Crippen LogP contribution in [0, 0.1) is 5.92 Å². The Balaban J connectivity index is 1.72. The fourth-order valence-electron chi connectivity index (χ4n) is 3.56. The van der Waals surface area contributed by atoms with Crippen LogP contribution in [0.1, 0.15) is 57.8 Å². The van der Waals surface area contributed by atoms with Gasteiger partial charge in [-0.25, -0.2) is 0 Å². The summed E-state index contributed by atoms with van der Waals surface area (Å²) in [7, 11) is -1.03. The second-order valence-corrected chi connectivity index (χ2v) is 6.81. The van der Waals surface area contributed by atoms with Gasteiger partial charge in [0.2, 0.25) is 0 Å². The van der Waals surface area contributed by atoms with E-state index in [1.165, 1.54) is 0 Å². The number of nitrogens with two attached hydrogens (primary N) is 1. The molecule has 2 aliphatic rings. The van der Waals surface area contributed by atoms with Gasteiger partial charge < -0.3 is 20.5 Å². The van der Waals surface area contributed by atoms with Crippen molar-refractivity contribution in [2.24, 2.45) is 11.7 Å². The SMILES string of the molecule is NC1CCC(CC(=O)C[C@H]2CC[C@@H](CC(=O)O)OB2O)CC1. The largest absolute Gasteiger partial charge is 0.481 e. The minimum Gasteiger partial charge on any atom is -0.481 e. The fraction of sp³-hybridized carbons (Fsp3) is 0.867. The molecule has 124 valence electrons.